The Kier molecular flexibility index (Phi) is 3.82. The van der Waals surface area contributed by atoms with Crippen molar-refractivity contribution in [2.75, 3.05) is 6.54 Å². The summed E-state index contributed by atoms with van der Waals surface area (Å²) in [5.74, 6) is 1.75. The van der Waals surface area contributed by atoms with Crippen molar-refractivity contribution in [1.82, 2.24) is 20.5 Å². The molecule has 2 N–H and O–H groups in total. The molecule has 1 heterocycles. The number of H-pyrrole nitrogens is 1. The van der Waals surface area contributed by atoms with Crippen LogP contribution in [0.2, 0.25) is 0 Å². The smallest absolute Gasteiger partial charge is 0.137 e. The minimum atomic E-state index is 0.530. The molecule has 0 bridgehead atoms. The number of nitrogens with zero attached hydrogens (tertiary/aromatic N) is 2. The number of hydrogen-bond acceptors (Lipinski definition) is 3. The van der Waals surface area contributed by atoms with Gasteiger partial charge in [0.1, 0.15) is 12.2 Å². The molecule has 17 heavy (non-hydrogen) atoms. The zero-order valence-corrected chi connectivity index (χ0v) is 11.2. The monoisotopic (exact) mass is 236 g/mol. The third-order valence-corrected chi connectivity index (χ3v) is 3.93. The fourth-order valence-corrected chi connectivity index (χ4v) is 2.98. The molecule has 2 rings (SSSR count). The predicted octanol–water partition coefficient (Wildman–Crippen LogP) is 2.15. The molecule has 2 atom stereocenters. The number of nitrogens with one attached hydrogen (secondary N) is 2. The molecule has 4 nitrogen and oxygen atoms in total. The maximum absolute atomic E-state index is 4.13. The quantitative estimate of drug-likeness (QED) is 0.842. The van der Waals surface area contributed by atoms with Crippen LogP contribution in [0.3, 0.4) is 0 Å². The Morgan fingerprint density at radius 2 is 2.35 bits per heavy atom. The summed E-state index contributed by atoms with van der Waals surface area (Å²) in [6.45, 7) is 8.13. The Labute approximate surface area is 104 Å². The molecule has 0 spiro atoms. The first kappa shape index (κ1) is 12.6. The van der Waals surface area contributed by atoms with Crippen molar-refractivity contribution in [2.24, 2.45) is 11.3 Å². The van der Waals surface area contributed by atoms with Crippen LogP contribution in [0.5, 0.6) is 0 Å². The third-order valence-electron chi connectivity index (χ3n) is 3.93. The van der Waals surface area contributed by atoms with Gasteiger partial charge in [-0.15, -0.1) is 0 Å². The molecule has 0 saturated heterocycles. The summed E-state index contributed by atoms with van der Waals surface area (Å²) < 4.78 is 0. The van der Waals surface area contributed by atoms with Crippen LogP contribution in [0.25, 0.3) is 0 Å². The van der Waals surface area contributed by atoms with Crippen LogP contribution in [0, 0.1) is 11.3 Å². The van der Waals surface area contributed by atoms with Crippen LogP contribution in [-0.2, 0) is 6.42 Å². The first-order valence-corrected chi connectivity index (χ1v) is 6.64. The zero-order valence-electron chi connectivity index (χ0n) is 11.2. The molecular formula is C13H24N4. The van der Waals surface area contributed by atoms with Crippen molar-refractivity contribution >= 4 is 0 Å². The zero-order chi connectivity index (χ0) is 12.3. The van der Waals surface area contributed by atoms with Crippen molar-refractivity contribution in [3.05, 3.63) is 12.2 Å². The molecule has 1 saturated carbocycles. The summed E-state index contributed by atoms with van der Waals surface area (Å²) in [6.07, 6.45) is 6.46. The fourth-order valence-electron chi connectivity index (χ4n) is 2.98. The summed E-state index contributed by atoms with van der Waals surface area (Å²) in [6, 6.07) is 0.672. The Hall–Kier alpha value is -0.900. The molecule has 0 aromatic carbocycles. The highest BCUT2D eigenvalue weighted by Gasteiger charge is 2.31. The fraction of sp³-hybridized carbons (Fsp3) is 0.846. The van der Waals surface area contributed by atoms with Crippen LogP contribution in [0.15, 0.2) is 6.33 Å². The maximum atomic E-state index is 4.13. The Balaban J connectivity index is 1.73. The van der Waals surface area contributed by atoms with Gasteiger partial charge in [0.25, 0.3) is 0 Å². The van der Waals surface area contributed by atoms with E-state index in [2.05, 4.69) is 41.3 Å². The normalized spacial score (nSPS) is 28.2. The lowest BCUT2D eigenvalue weighted by atomic mass is 9.70. The average Bonchev–Trinajstić information content (AvgIpc) is 2.73. The van der Waals surface area contributed by atoms with E-state index in [4.69, 9.17) is 0 Å². The molecule has 0 radical (unpaired) electrons. The second-order valence-electron chi connectivity index (χ2n) is 6.13. The number of aromatic nitrogens is 3. The van der Waals surface area contributed by atoms with Crippen LogP contribution < -0.4 is 5.32 Å². The molecule has 1 aromatic rings. The van der Waals surface area contributed by atoms with Gasteiger partial charge in [-0.2, -0.15) is 5.10 Å². The van der Waals surface area contributed by atoms with E-state index in [0.29, 0.717) is 11.5 Å². The summed E-state index contributed by atoms with van der Waals surface area (Å²) in [5.41, 5.74) is 0.530. The van der Waals surface area contributed by atoms with E-state index >= 15 is 0 Å². The van der Waals surface area contributed by atoms with Gasteiger partial charge in [0.05, 0.1) is 0 Å². The summed E-state index contributed by atoms with van der Waals surface area (Å²) in [7, 11) is 0. The van der Waals surface area contributed by atoms with Gasteiger partial charge in [-0.3, -0.25) is 5.10 Å². The highest BCUT2D eigenvalue weighted by Crippen LogP contribution is 2.38. The van der Waals surface area contributed by atoms with E-state index in [-0.39, 0.29) is 0 Å². The first-order valence-electron chi connectivity index (χ1n) is 6.64. The molecule has 0 amide bonds. The van der Waals surface area contributed by atoms with E-state index in [1.54, 1.807) is 6.33 Å². The minimum Gasteiger partial charge on any atom is -0.313 e. The van der Waals surface area contributed by atoms with Gasteiger partial charge in [-0.05, 0) is 30.6 Å². The summed E-state index contributed by atoms with van der Waals surface area (Å²) in [4.78, 5) is 4.13. The van der Waals surface area contributed by atoms with Crippen LogP contribution in [-0.4, -0.2) is 27.8 Å². The summed E-state index contributed by atoms with van der Waals surface area (Å²) >= 11 is 0. The van der Waals surface area contributed by atoms with Gasteiger partial charge in [0, 0.05) is 19.0 Å². The lowest BCUT2D eigenvalue weighted by molar-refractivity contribution is 0.149. The molecule has 2 unspecified atom stereocenters. The van der Waals surface area contributed by atoms with E-state index in [1.165, 1.54) is 19.3 Å². The lowest BCUT2D eigenvalue weighted by Crippen LogP contribution is -2.42. The summed E-state index contributed by atoms with van der Waals surface area (Å²) in [5, 5.41) is 10.4. The number of hydrogen-bond donors (Lipinski definition) is 2. The second kappa shape index (κ2) is 5.17. The molecule has 1 aliphatic rings. The molecule has 96 valence electrons. The van der Waals surface area contributed by atoms with Gasteiger partial charge in [0.15, 0.2) is 0 Å². The molecule has 1 fully saturated rings. The Morgan fingerprint density at radius 1 is 1.53 bits per heavy atom. The van der Waals surface area contributed by atoms with Gasteiger partial charge in [0.2, 0.25) is 0 Å². The van der Waals surface area contributed by atoms with Crippen molar-refractivity contribution < 1.29 is 0 Å². The largest absolute Gasteiger partial charge is 0.313 e. The molecular weight excluding hydrogens is 212 g/mol. The third kappa shape index (κ3) is 3.53. The number of rotatable bonds is 4. The Morgan fingerprint density at radius 3 is 3.00 bits per heavy atom. The highest BCUT2D eigenvalue weighted by atomic mass is 15.2. The molecule has 1 aliphatic carbocycles. The standard InChI is InChI=1S/C13H24N4/c1-10-8-13(2,3)6-4-11(10)14-7-5-12-15-9-16-17-12/h9-11,14H,4-8H2,1-3H3,(H,15,16,17). The van der Waals surface area contributed by atoms with E-state index in [9.17, 15) is 0 Å². The Bertz CT molecular complexity index is 331. The molecule has 1 aromatic heterocycles. The predicted molar refractivity (Wildman–Crippen MR) is 68.7 cm³/mol. The molecule has 4 heteroatoms. The maximum Gasteiger partial charge on any atom is 0.137 e. The van der Waals surface area contributed by atoms with E-state index in [0.717, 1.165) is 24.7 Å². The second-order valence-corrected chi connectivity index (χ2v) is 6.13. The van der Waals surface area contributed by atoms with Crippen LogP contribution in [0.1, 0.15) is 45.9 Å². The van der Waals surface area contributed by atoms with Gasteiger partial charge >= 0.3 is 0 Å². The topological polar surface area (TPSA) is 53.6 Å². The number of aromatic amines is 1. The van der Waals surface area contributed by atoms with Crippen LogP contribution >= 0.6 is 0 Å². The van der Waals surface area contributed by atoms with E-state index in [1.807, 2.05) is 0 Å². The van der Waals surface area contributed by atoms with Gasteiger partial charge in [-0.25, -0.2) is 4.98 Å². The molecule has 0 aliphatic heterocycles. The SMILES string of the molecule is CC1CC(C)(C)CCC1NCCc1ncn[nH]1. The minimum absolute atomic E-state index is 0.530. The van der Waals surface area contributed by atoms with E-state index < -0.39 is 0 Å². The first-order chi connectivity index (χ1) is 8.07. The van der Waals surface area contributed by atoms with Crippen molar-refractivity contribution in [1.29, 1.82) is 0 Å². The van der Waals surface area contributed by atoms with Gasteiger partial charge < -0.3 is 5.32 Å². The van der Waals surface area contributed by atoms with Crippen molar-refractivity contribution in [3.63, 3.8) is 0 Å². The highest BCUT2D eigenvalue weighted by molar-refractivity contribution is 4.88. The lowest BCUT2D eigenvalue weighted by Gasteiger charge is -2.39. The van der Waals surface area contributed by atoms with Crippen molar-refractivity contribution in [3.8, 4) is 0 Å². The van der Waals surface area contributed by atoms with Gasteiger partial charge in [-0.1, -0.05) is 20.8 Å². The van der Waals surface area contributed by atoms with Crippen LogP contribution in [0.4, 0.5) is 0 Å². The average molecular weight is 236 g/mol. The van der Waals surface area contributed by atoms with Crippen molar-refractivity contribution in [2.45, 2.75) is 52.5 Å².